The van der Waals surface area contributed by atoms with Gasteiger partial charge in [-0.3, -0.25) is 29.4 Å². The summed E-state index contributed by atoms with van der Waals surface area (Å²) in [4.78, 5) is 57.0. The second-order valence-electron chi connectivity index (χ2n) is 12.7. The summed E-state index contributed by atoms with van der Waals surface area (Å²) >= 11 is 6.15. The molecule has 4 aliphatic rings. The van der Waals surface area contributed by atoms with E-state index in [2.05, 4.69) is 24.1 Å². The largest absolute Gasteiger partial charge is 0.336 e. The van der Waals surface area contributed by atoms with Crippen molar-refractivity contribution in [2.75, 3.05) is 26.2 Å². The van der Waals surface area contributed by atoms with Crippen molar-refractivity contribution < 1.29 is 19.2 Å². The van der Waals surface area contributed by atoms with Gasteiger partial charge >= 0.3 is 0 Å². The van der Waals surface area contributed by atoms with E-state index in [1.54, 1.807) is 4.90 Å². The molecule has 6 rings (SSSR count). The first-order chi connectivity index (χ1) is 20.1. The van der Waals surface area contributed by atoms with Gasteiger partial charge in [0, 0.05) is 61.8 Å². The number of nitrogens with zero attached hydrogens (tertiary/aromatic N) is 3. The topological polar surface area (TPSA) is 90.0 Å². The number of hydrogen-bond donors (Lipinski definition) is 1. The highest BCUT2D eigenvalue weighted by molar-refractivity contribution is 6.30. The summed E-state index contributed by atoms with van der Waals surface area (Å²) in [6.07, 6.45) is 3.21. The van der Waals surface area contributed by atoms with Crippen molar-refractivity contribution in [2.24, 2.45) is 5.41 Å². The van der Waals surface area contributed by atoms with E-state index in [1.165, 1.54) is 0 Å². The molecule has 0 radical (unpaired) electrons. The second-order valence-corrected chi connectivity index (χ2v) is 13.2. The predicted molar refractivity (Wildman–Crippen MR) is 160 cm³/mol. The molecule has 8 nitrogen and oxygen atoms in total. The van der Waals surface area contributed by atoms with E-state index >= 15 is 0 Å². The van der Waals surface area contributed by atoms with Crippen LogP contribution in [0.25, 0.3) is 5.57 Å². The summed E-state index contributed by atoms with van der Waals surface area (Å²) in [5.41, 5.74) is 5.94. The van der Waals surface area contributed by atoms with Crippen molar-refractivity contribution >= 4 is 40.8 Å². The third kappa shape index (κ3) is 5.62. The molecule has 220 valence electrons. The molecule has 2 saturated heterocycles. The smallest absolute Gasteiger partial charge is 0.255 e. The summed E-state index contributed by atoms with van der Waals surface area (Å²) in [7, 11) is 0. The van der Waals surface area contributed by atoms with Crippen molar-refractivity contribution in [1.29, 1.82) is 0 Å². The highest BCUT2D eigenvalue weighted by atomic mass is 35.5. The van der Waals surface area contributed by atoms with Crippen LogP contribution >= 0.6 is 11.6 Å². The van der Waals surface area contributed by atoms with Gasteiger partial charge in [0.1, 0.15) is 6.04 Å². The summed E-state index contributed by atoms with van der Waals surface area (Å²) in [5.74, 6) is -0.701. The van der Waals surface area contributed by atoms with E-state index in [0.29, 0.717) is 43.2 Å². The average molecular weight is 589 g/mol. The number of rotatable bonds is 5. The Morgan fingerprint density at radius 1 is 1.00 bits per heavy atom. The number of allylic oxidation sites excluding steroid dienone is 1. The van der Waals surface area contributed by atoms with Gasteiger partial charge in [0.25, 0.3) is 5.91 Å². The molecule has 1 aliphatic carbocycles. The molecule has 9 heteroatoms. The van der Waals surface area contributed by atoms with Crippen LogP contribution in [0.2, 0.25) is 5.02 Å². The number of amides is 4. The molecule has 2 fully saturated rings. The highest BCUT2D eigenvalue weighted by Gasteiger charge is 2.40. The van der Waals surface area contributed by atoms with E-state index < -0.39 is 11.9 Å². The lowest BCUT2D eigenvalue weighted by molar-refractivity contribution is -0.137. The first kappa shape index (κ1) is 28.6. The van der Waals surface area contributed by atoms with Crippen LogP contribution in [0.3, 0.4) is 0 Å². The fourth-order valence-electron chi connectivity index (χ4n) is 6.79. The zero-order valence-electron chi connectivity index (χ0n) is 24.2. The van der Waals surface area contributed by atoms with Gasteiger partial charge in [0.05, 0.1) is 0 Å². The summed E-state index contributed by atoms with van der Waals surface area (Å²) in [5, 5.41) is 3.06. The standard InChI is InChI=1S/C33H37ClN4O4/c1-33(2)13-12-25(26(18-33)21-6-8-23(34)9-7-21)31(41)37-16-14-36(15-17-37)19-22-4-3-5-24-27(22)20-38(32(24)42)28-10-11-29(39)35-30(28)40/h3-9,28H,10-20H2,1-2H3,(H,35,39,40). The number of piperidine rings is 1. The van der Waals surface area contributed by atoms with E-state index in [9.17, 15) is 19.2 Å². The van der Waals surface area contributed by atoms with Gasteiger partial charge in [-0.2, -0.15) is 0 Å². The number of benzene rings is 2. The molecule has 4 amide bonds. The van der Waals surface area contributed by atoms with Gasteiger partial charge in [0.2, 0.25) is 17.7 Å². The van der Waals surface area contributed by atoms with Crippen LogP contribution in [-0.2, 0) is 27.5 Å². The summed E-state index contributed by atoms with van der Waals surface area (Å²) < 4.78 is 0. The number of imide groups is 1. The first-order valence-corrected chi connectivity index (χ1v) is 15.2. The lowest BCUT2D eigenvalue weighted by Crippen LogP contribution is -2.52. The van der Waals surface area contributed by atoms with E-state index in [-0.39, 0.29) is 29.6 Å². The Morgan fingerprint density at radius 3 is 2.45 bits per heavy atom. The Morgan fingerprint density at radius 2 is 1.74 bits per heavy atom. The predicted octanol–water partition coefficient (Wildman–Crippen LogP) is 4.41. The fraction of sp³-hybridized carbons (Fsp3) is 0.455. The maximum Gasteiger partial charge on any atom is 0.255 e. The number of hydrogen-bond acceptors (Lipinski definition) is 5. The van der Waals surface area contributed by atoms with Crippen LogP contribution in [0.4, 0.5) is 0 Å². The Hall–Kier alpha value is -3.49. The maximum atomic E-state index is 13.8. The zero-order chi connectivity index (χ0) is 29.6. The van der Waals surface area contributed by atoms with Crippen molar-refractivity contribution in [1.82, 2.24) is 20.0 Å². The number of fused-ring (bicyclic) bond motifs is 1. The minimum atomic E-state index is -0.623. The molecule has 3 heterocycles. The number of halogens is 1. The number of piperazine rings is 1. The highest BCUT2D eigenvalue weighted by Crippen LogP contribution is 2.43. The van der Waals surface area contributed by atoms with Crippen LogP contribution in [-0.4, -0.2) is 70.5 Å². The molecule has 0 saturated carbocycles. The van der Waals surface area contributed by atoms with Crippen LogP contribution in [0.15, 0.2) is 48.0 Å². The minimum absolute atomic E-state index is 0.140. The van der Waals surface area contributed by atoms with E-state index in [1.807, 2.05) is 47.4 Å². The molecule has 42 heavy (non-hydrogen) atoms. The van der Waals surface area contributed by atoms with Gasteiger partial charge in [-0.25, -0.2) is 0 Å². The Labute approximate surface area is 251 Å². The van der Waals surface area contributed by atoms with Gasteiger partial charge in [-0.1, -0.05) is 49.7 Å². The van der Waals surface area contributed by atoms with Gasteiger partial charge in [0.15, 0.2) is 0 Å². The lowest BCUT2D eigenvalue weighted by Gasteiger charge is -2.38. The zero-order valence-corrected chi connectivity index (χ0v) is 25.0. The monoisotopic (exact) mass is 588 g/mol. The molecular formula is C33H37ClN4O4. The molecule has 2 aromatic carbocycles. The fourth-order valence-corrected chi connectivity index (χ4v) is 6.92. The molecular weight excluding hydrogens is 552 g/mol. The molecule has 1 atom stereocenters. The second kappa shape index (κ2) is 11.3. The minimum Gasteiger partial charge on any atom is -0.336 e. The molecule has 1 N–H and O–H groups in total. The Bertz CT molecular complexity index is 1470. The number of nitrogens with one attached hydrogen (secondary N) is 1. The molecule has 0 aromatic heterocycles. The van der Waals surface area contributed by atoms with Crippen LogP contribution in [0, 0.1) is 5.41 Å². The molecule has 0 spiro atoms. The molecule has 2 aromatic rings. The average Bonchev–Trinajstić information content (AvgIpc) is 3.30. The third-order valence-corrected chi connectivity index (χ3v) is 9.51. The summed E-state index contributed by atoms with van der Waals surface area (Å²) in [6, 6.07) is 13.0. The van der Waals surface area contributed by atoms with Gasteiger partial charge in [-0.15, -0.1) is 0 Å². The van der Waals surface area contributed by atoms with E-state index in [0.717, 1.165) is 60.2 Å². The number of carbonyl (C=O) groups excluding carboxylic acids is 4. The van der Waals surface area contributed by atoms with Crippen LogP contribution in [0.5, 0.6) is 0 Å². The van der Waals surface area contributed by atoms with Crippen molar-refractivity contribution in [3.8, 4) is 0 Å². The lowest BCUT2D eigenvalue weighted by atomic mass is 9.72. The molecule has 1 unspecified atom stereocenters. The number of carbonyl (C=O) groups is 4. The van der Waals surface area contributed by atoms with Crippen LogP contribution < -0.4 is 5.32 Å². The SMILES string of the molecule is CC1(C)CCC(C(=O)N2CCN(Cc3cccc4c3CN(C3CCC(=O)NC3=O)C4=O)CC2)=C(c2ccc(Cl)cc2)C1. The van der Waals surface area contributed by atoms with E-state index in [4.69, 9.17) is 11.6 Å². The molecule has 0 bridgehead atoms. The van der Waals surface area contributed by atoms with Crippen LogP contribution in [0.1, 0.15) is 73.0 Å². The Kier molecular flexibility index (Phi) is 7.70. The summed E-state index contributed by atoms with van der Waals surface area (Å²) in [6.45, 7) is 8.36. The Balaban J connectivity index is 1.13. The third-order valence-electron chi connectivity index (χ3n) is 9.25. The maximum absolute atomic E-state index is 13.8. The molecule has 3 aliphatic heterocycles. The van der Waals surface area contributed by atoms with Crippen molar-refractivity contribution in [3.05, 3.63) is 75.3 Å². The normalized spacial score (nSPS) is 22.8. The first-order valence-electron chi connectivity index (χ1n) is 14.8. The van der Waals surface area contributed by atoms with Gasteiger partial charge < -0.3 is 9.80 Å². The quantitative estimate of drug-likeness (QED) is 0.523. The van der Waals surface area contributed by atoms with Crippen molar-refractivity contribution in [2.45, 2.75) is 65.1 Å². The van der Waals surface area contributed by atoms with Crippen molar-refractivity contribution in [3.63, 3.8) is 0 Å². The van der Waals surface area contributed by atoms with Gasteiger partial charge in [-0.05, 0) is 71.6 Å².